The van der Waals surface area contributed by atoms with Gasteiger partial charge in [0.05, 0.1) is 18.3 Å². The summed E-state index contributed by atoms with van der Waals surface area (Å²) in [6.07, 6.45) is 1.88. The molecule has 7 heteroatoms. The van der Waals surface area contributed by atoms with E-state index in [1.807, 2.05) is 11.0 Å². The van der Waals surface area contributed by atoms with Crippen LogP contribution in [0.15, 0.2) is 48.5 Å². The second kappa shape index (κ2) is 7.36. The van der Waals surface area contributed by atoms with Crippen LogP contribution < -0.4 is 10.6 Å². The van der Waals surface area contributed by atoms with Gasteiger partial charge >= 0.3 is 0 Å². The van der Waals surface area contributed by atoms with Gasteiger partial charge in [0.25, 0.3) is 0 Å². The summed E-state index contributed by atoms with van der Waals surface area (Å²) in [5, 5.41) is 29.5. The number of aliphatic hydroxyl groups is 1. The predicted octanol–water partition coefficient (Wildman–Crippen LogP) is 2.77. The number of hydrogen-bond acceptors (Lipinski definition) is 7. The summed E-state index contributed by atoms with van der Waals surface area (Å²) in [7, 11) is 0. The summed E-state index contributed by atoms with van der Waals surface area (Å²) in [4.78, 5) is 10.7. The van der Waals surface area contributed by atoms with E-state index in [1.165, 1.54) is 0 Å². The molecular formula is C21H22N4O3. The van der Waals surface area contributed by atoms with Crippen molar-refractivity contribution in [3.63, 3.8) is 0 Å². The van der Waals surface area contributed by atoms with Crippen molar-refractivity contribution in [1.82, 2.24) is 9.97 Å². The second-order valence-electron chi connectivity index (χ2n) is 6.92. The molecule has 1 aromatic heterocycles. The quantitative estimate of drug-likeness (QED) is 0.552. The van der Waals surface area contributed by atoms with Crippen molar-refractivity contribution in [2.45, 2.75) is 18.9 Å². The average Bonchev–Trinajstić information content (AvgIpc) is 3.17. The minimum Gasteiger partial charge on any atom is -0.508 e. The molecule has 28 heavy (non-hydrogen) atoms. The van der Waals surface area contributed by atoms with Gasteiger partial charge in [-0.15, -0.1) is 0 Å². The zero-order chi connectivity index (χ0) is 19.7. The molecule has 144 valence electrons. The van der Waals surface area contributed by atoms with Crippen LogP contribution >= 0.6 is 0 Å². The number of aromatic nitrogens is 2. The maximum Gasteiger partial charge on any atom is 0.222 e. The maximum absolute atomic E-state index is 10.4. The molecule has 4 rings (SSSR count). The van der Waals surface area contributed by atoms with Crippen LogP contribution in [0, 0.1) is 0 Å². The number of aromatic hydroxyl groups is 2. The molecule has 1 unspecified atom stereocenters. The molecule has 0 saturated carbocycles. The first-order valence-electron chi connectivity index (χ1n) is 9.20. The van der Waals surface area contributed by atoms with Crippen LogP contribution in [0.2, 0.25) is 0 Å². The first-order chi connectivity index (χ1) is 13.5. The van der Waals surface area contributed by atoms with Crippen LogP contribution in [0.5, 0.6) is 11.5 Å². The van der Waals surface area contributed by atoms with Crippen LogP contribution in [0.3, 0.4) is 0 Å². The number of nitrogens with two attached hydrogens (primary N) is 1. The van der Waals surface area contributed by atoms with Gasteiger partial charge < -0.3 is 26.0 Å². The number of phenolic OH excluding ortho intramolecular Hbond substituents is 2. The Morgan fingerprint density at radius 1 is 1.00 bits per heavy atom. The number of benzene rings is 2. The van der Waals surface area contributed by atoms with E-state index < -0.39 is 0 Å². The number of hydrogen-bond donors (Lipinski definition) is 4. The van der Waals surface area contributed by atoms with E-state index >= 15 is 0 Å². The average molecular weight is 378 g/mol. The zero-order valence-corrected chi connectivity index (χ0v) is 15.3. The highest BCUT2D eigenvalue weighted by molar-refractivity contribution is 5.77. The lowest BCUT2D eigenvalue weighted by atomic mass is 10.0. The predicted molar refractivity (Wildman–Crippen MR) is 108 cm³/mol. The normalized spacial score (nSPS) is 16.5. The topological polar surface area (TPSA) is 116 Å². The van der Waals surface area contributed by atoms with Gasteiger partial charge in [-0.25, -0.2) is 4.98 Å². The van der Waals surface area contributed by atoms with Crippen LogP contribution in [-0.2, 0) is 0 Å². The third-order valence-corrected chi connectivity index (χ3v) is 5.09. The molecule has 2 aromatic carbocycles. The van der Waals surface area contributed by atoms with Crippen molar-refractivity contribution in [2.24, 2.45) is 0 Å². The number of nitrogens with zero attached hydrogens (tertiary/aromatic N) is 3. The van der Waals surface area contributed by atoms with Gasteiger partial charge in [0.15, 0.2) is 0 Å². The molecule has 1 aliphatic heterocycles. The number of anilines is 2. The van der Waals surface area contributed by atoms with Crippen LogP contribution in [-0.4, -0.2) is 44.5 Å². The van der Waals surface area contributed by atoms with Crippen molar-refractivity contribution in [3.05, 3.63) is 48.5 Å². The fourth-order valence-corrected chi connectivity index (χ4v) is 3.64. The van der Waals surface area contributed by atoms with Crippen molar-refractivity contribution in [1.29, 1.82) is 0 Å². The molecule has 1 atom stereocenters. The maximum atomic E-state index is 10.4. The smallest absolute Gasteiger partial charge is 0.222 e. The largest absolute Gasteiger partial charge is 0.508 e. The zero-order valence-electron chi connectivity index (χ0n) is 15.3. The molecule has 1 saturated heterocycles. The van der Waals surface area contributed by atoms with Crippen LogP contribution in [0.1, 0.15) is 12.8 Å². The lowest BCUT2D eigenvalue weighted by Gasteiger charge is -2.24. The van der Waals surface area contributed by atoms with E-state index in [9.17, 15) is 15.3 Å². The van der Waals surface area contributed by atoms with Gasteiger partial charge in [-0.05, 0) is 48.2 Å². The minimum atomic E-state index is 0.0130. The Morgan fingerprint density at radius 2 is 1.75 bits per heavy atom. The molecule has 0 radical (unpaired) electrons. The Balaban J connectivity index is 1.76. The monoisotopic (exact) mass is 378 g/mol. The molecule has 7 nitrogen and oxygen atoms in total. The highest BCUT2D eigenvalue weighted by Gasteiger charge is 2.26. The van der Waals surface area contributed by atoms with Crippen molar-refractivity contribution in [2.75, 3.05) is 23.8 Å². The fourth-order valence-electron chi connectivity index (χ4n) is 3.64. The van der Waals surface area contributed by atoms with Gasteiger partial charge in [0.2, 0.25) is 5.95 Å². The number of rotatable bonds is 4. The summed E-state index contributed by atoms with van der Waals surface area (Å²) in [6, 6.07) is 13.9. The summed E-state index contributed by atoms with van der Waals surface area (Å²) in [5.41, 5.74) is 8.79. The van der Waals surface area contributed by atoms with Crippen molar-refractivity contribution >= 4 is 11.8 Å². The van der Waals surface area contributed by atoms with Crippen molar-refractivity contribution in [3.8, 4) is 33.9 Å². The Morgan fingerprint density at radius 3 is 2.50 bits per heavy atom. The van der Waals surface area contributed by atoms with Gasteiger partial charge in [-0.3, -0.25) is 0 Å². The number of nitrogen functional groups attached to an aromatic ring is 1. The Hall–Kier alpha value is -3.32. The van der Waals surface area contributed by atoms with E-state index in [-0.39, 0.29) is 30.1 Å². The Labute approximate surface area is 162 Å². The summed E-state index contributed by atoms with van der Waals surface area (Å²) < 4.78 is 0. The summed E-state index contributed by atoms with van der Waals surface area (Å²) in [6.45, 7) is 0.849. The Kier molecular flexibility index (Phi) is 4.75. The van der Waals surface area contributed by atoms with Gasteiger partial charge in [0.1, 0.15) is 17.3 Å². The lowest BCUT2D eigenvalue weighted by molar-refractivity contribution is 0.266. The number of phenols is 2. The molecule has 0 amide bonds. The van der Waals surface area contributed by atoms with Gasteiger partial charge in [-0.2, -0.15) is 4.98 Å². The van der Waals surface area contributed by atoms with Crippen molar-refractivity contribution < 1.29 is 15.3 Å². The minimum absolute atomic E-state index is 0.0130. The lowest BCUT2D eigenvalue weighted by Crippen LogP contribution is -2.33. The standard InChI is InChI=1S/C21H22N4O3/c22-21-23-18(11-20(24-21)25-9-1-2-15(25)12-26)17-10-14(5-8-19(17)28)13-3-6-16(27)7-4-13/h3-8,10-11,15,26-28H,1-2,9,12H2,(H2,22,23,24). The molecule has 0 spiro atoms. The SMILES string of the molecule is Nc1nc(-c2cc(-c3ccc(O)cc3)ccc2O)cc(N2CCCC2CO)n1. The third kappa shape index (κ3) is 3.44. The van der Waals surface area contributed by atoms with Gasteiger partial charge in [0, 0.05) is 18.2 Å². The molecule has 2 heterocycles. The molecule has 0 aliphatic carbocycles. The first kappa shape index (κ1) is 18.1. The van der Waals surface area contributed by atoms with Gasteiger partial charge in [-0.1, -0.05) is 18.2 Å². The van der Waals surface area contributed by atoms with E-state index in [0.717, 1.165) is 30.5 Å². The summed E-state index contributed by atoms with van der Waals surface area (Å²) in [5.74, 6) is 1.05. The van der Waals surface area contributed by atoms with Crippen LogP contribution in [0.4, 0.5) is 11.8 Å². The van der Waals surface area contributed by atoms with Crippen LogP contribution in [0.25, 0.3) is 22.4 Å². The molecule has 1 fully saturated rings. The summed E-state index contributed by atoms with van der Waals surface area (Å²) >= 11 is 0. The first-order valence-corrected chi connectivity index (χ1v) is 9.20. The molecule has 1 aliphatic rings. The second-order valence-corrected chi connectivity index (χ2v) is 6.92. The third-order valence-electron chi connectivity index (χ3n) is 5.09. The molecular weight excluding hydrogens is 356 g/mol. The number of aliphatic hydroxyl groups excluding tert-OH is 1. The molecule has 5 N–H and O–H groups in total. The molecule has 3 aromatic rings. The van der Waals surface area contributed by atoms with E-state index in [1.54, 1.807) is 42.5 Å². The highest BCUT2D eigenvalue weighted by atomic mass is 16.3. The molecule has 0 bridgehead atoms. The fraction of sp³-hybridized carbons (Fsp3) is 0.238. The van der Waals surface area contributed by atoms with E-state index in [0.29, 0.717) is 17.1 Å². The highest BCUT2D eigenvalue weighted by Crippen LogP contribution is 2.35. The van der Waals surface area contributed by atoms with E-state index in [2.05, 4.69) is 9.97 Å². The Bertz CT molecular complexity index is 991. The van der Waals surface area contributed by atoms with E-state index in [4.69, 9.17) is 5.73 Å².